The Labute approximate surface area is 185 Å². The molecule has 0 aromatic rings. The van der Waals surface area contributed by atoms with Gasteiger partial charge in [-0.3, -0.25) is 9.98 Å². The molecule has 0 saturated heterocycles. The van der Waals surface area contributed by atoms with E-state index in [0.717, 1.165) is 13.8 Å². The molecule has 16 heteroatoms. The van der Waals surface area contributed by atoms with E-state index in [0.29, 0.717) is 12.8 Å². The first kappa shape index (κ1) is 30.5. The van der Waals surface area contributed by atoms with Crippen LogP contribution < -0.4 is 0 Å². The molecule has 1 aliphatic rings. The fraction of sp³-hybridized carbons (Fsp3) is 0.889. The van der Waals surface area contributed by atoms with Gasteiger partial charge in [-0.05, 0) is 26.7 Å². The number of hydrogen-bond acceptors (Lipinski definition) is 4. The van der Waals surface area contributed by atoms with E-state index in [9.17, 15) is 62.9 Å². The maximum Gasteiger partial charge on any atom is 0.426 e. The van der Waals surface area contributed by atoms with Crippen LogP contribution in [0, 0.1) is 0 Å². The predicted molar refractivity (Wildman–Crippen MR) is 95.6 cm³/mol. The molecule has 200 valence electrons. The van der Waals surface area contributed by atoms with Crippen molar-refractivity contribution in [2.24, 2.45) is 9.98 Å². The van der Waals surface area contributed by atoms with Crippen molar-refractivity contribution in [3.8, 4) is 0 Å². The number of hydrogen-bond donors (Lipinski definition) is 2. The van der Waals surface area contributed by atoms with Crippen molar-refractivity contribution in [3.05, 3.63) is 0 Å². The van der Waals surface area contributed by atoms with E-state index in [2.05, 4.69) is 9.98 Å². The first-order valence-corrected chi connectivity index (χ1v) is 9.74. The van der Waals surface area contributed by atoms with Gasteiger partial charge in [0.2, 0.25) is 0 Å². The van der Waals surface area contributed by atoms with Gasteiger partial charge >= 0.3 is 24.7 Å². The van der Waals surface area contributed by atoms with Gasteiger partial charge in [0.05, 0.1) is 12.1 Å². The SMILES string of the molecule is CC(CC(O)(C(F)(F)F)C(F)(F)F)=NC1CCCCC1N=C(C)CC(O)(C(F)(F)F)C(F)(F)F. The van der Waals surface area contributed by atoms with Crippen LogP contribution in [-0.2, 0) is 0 Å². The van der Waals surface area contributed by atoms with Gasteiger partial charge in [-0.15, -0.1) is 0 Å². The Morgan fingerprint density at radius 2 is 0.824 bits per heavy atom. The fourth-order valence-corrected chi connectivity index (χ4v) is 3.51. The summed E-state index contributed by atoms with van der Waals surface area (Å²) in [7, 11) is 0. The summed E-state index contributed by atoms with van der Waals surface area (Å²) in [6.07, 6.45) is -27.6. The molecule has 0 amide bonds. The zero-order chi connectivity index (χ0) is 27.0. The minimum atomic E-state index is -6.09. The summed E-state index contributed by atoms with van der Waals surface area (Å²) in [6.45, 7) is 1.55. The molecule has 0 aliphatic heterocycles. The molecule has 1 saturated carbocycles. The summed E-state index contributed by atoms with van der Waals surface area (Å²) in [5.41, 5.74) is -11.8. The van der Waals surface area contributed by atoms with Crippen molar-refractivity contribution in [1.29, 1.82) is 0 Å². The number of rotatable bonds is 6. The molecular formula is C18H22F12N2O2. The molecule has 0 aromatic carbocycles. The second-order valence-electron chi connectivity index (χ2n) is 8.21. The molecule has 0 bridgehead atoms. The highest BCUT2D eigenvalue weighted by molar-refractivity contribution is 5.84. The van der Waals surface area contributed by atoms with Crippen LogP contribution in [0.25, 0.3) is 0 Å². The van der Waals surface area contributed by atoms with E-state index in [4.69, 9.17) is 0 Å². The summed E-state index contributed by atoms with van der Waals surface area (Å²) >= 11 is 0. The van der Waals surface area contributed by atoms with Crippen molar-refractivity contribution < 1.29 is 62.9 Å². The van der Waals surface area contributed by atoms with Crippen LogP contribution >= 0.6 is 0 Å². The Bertz CT molecular complexity index is 673. The maximum atomic E-state index is 12.9. The Hall–Kier alpha value is -1.58. The van der Waals surface area contributed by atoms with Gasteiger partial charge in [0.25, 0.3) is 11.2 Å². The quantitative estimate of drug-likeness (QED) is 0.344. The van der Waals surface area contributed by atoms with E-state index < -0.39 is 72.3 Å². The standard InChI is InChI=1S/C18H22F12N2O2/c1-9(7-13(33,15(19,20)21)16(22,23)24)31-11-5-3-4-6-12(11)32-10(2)8-14(34,17(25,26)27)18(28,29)30/h11-12,33-34H,3-8H2,1-2H3. The van der Waals surface area contributed by atoms with Crippen LogP contribution in [0.2, 0.25) is 0 Å². The molecule has 1 rings (SSSR count). The summed E-state index contributed by atoms with van der Waals surface area (Å²) in [4.78, 5) is 7.44. The summed E-state index contributed by atoms with van der Waals surface area (Å²) < 4.78 is 155. The van der Waals surface area contributed by atoms with Crippen molar-refractivity contribution >= 4 is 11.4 Å². The van der Waals surface area contributed by atoms with E-state index in [1.54, 1.807) is 0 Å². The third-order valence-corrected chi connectivity index (χ3v) is 5.37. The van der Waals surface area contributed by atoms with E-state index in [1.807, 2.05) is 0 Å². The highest BCUT2D eigenvalue weighted by Crippen LogP contribution is 2.46. The van der Waals surface area contributed by atoms with Gasteiger partial charge in [0, 0.05) is 24.3 Å². The average Bonchev–Trinajstić information content (AvgIpc) is 2.59. The third kappa shape index (κ3) is 6.55. The lowest BCUT2D eigenvalue weighted by atomic mass is 9.89. The molecule has 0 spiro atoms. The predicted octanol–water partition coefficient (Wildman–Crippen LogP) is 5.71. The highest BCUT2D eigenvalue weighted by Gasteiger charge is 2.71. The molecule has 0 radical (unpaired) electrons. The molecule has 2 N–H and O–H groups in total. The van der Waals surface area contributed by atoms with E-state index >= 15 is 0 Å². The fourth-order valence-electron chi connectivity index (χ4n) is 3.51. The van der Waals surface area contributed by atoms with E-state index in [-0.39, 0.29) is 12.8 Å². The minimum absolute atomic E-state index is 0.0259. The van der Waals surface area contributed by atoms with Gasteiger partial charge in [0.1, 0.15) is 0 Å². The second-order valence-corrected chi connectivity index (χ2v) is 8.21. The normalized spacial score (nSPS) is 22.8. The van der Waals surface area contributed by atoms with Crippen LogP contribution in [0.1, 0.15) is 52.4 Å². The Kier molecular flexibility index (Phi) is 8.79. The molecule has 34 heavy (non-hydrogen) atoms. The average molecular weight is 526 g/mol. The Balaban J connectivity index is 3.22. The van der Waals surface area contributed by atoms with Gasteiger partial charge in [-0.2, -0.15) is 52.7 Å². The zero-order valence-electron chi connectivity index (χ0n) is 17.7. The number of aliphatic hydroxyl groups is 2. The van der Waals surface area contributed by atoms with Crippen molar-refractivity contribution in [2.75, 3.05) is 0 Å². The molecule has 2 atom stereocenters. The molecule has 0 heterocycles. The zero-order valence-corrected chi connectivity index (χ0v) is 17.7. The number of aliphatic imine (C=N–C) groups is 2. The molecular weight excluding hydrogens is 504 g/mol. The second kappa shape index (κ2) is 9.82. The topological polar surface area (TPSA) is 65.2 Å². The van der Waals surface area contributed by atoms with Crippen LogP contribution in [0.5, 0.6) is 0 Å². The first-order chi connectivity index (χ1) is 15.0. The van der Waals surface area contributed by atoms with Crippen molar-refractivity contribution in [1.82, 2.24) is 0 Å². The number of alkyl halides is 12. The highest BCUT2D eigenvalue weighted by atomic mass is 19.4. The van der Waals surface area contributed by atoms with Gasteiger partial charge in [-0.1, -0.05) is 12.8 Å². The van der Waals surface area contributed by atoms with Crippen molar-refractivity contribution in [2.45, 2.75) is 100 Å². The number of nitrogens with zero attached hydrogens (tertiary/aromatic N) is 2. The van der Waals surface area contributed by atoms with Crippen LogP contribution in [0.4, 0.5) is 52.7 Å². The molecule has 1 fully saturated rings. The lowest BCUT2D eigenvalue weighted by Gasteiger charge is -2.34. The van der Waals surface area contributed by atoms with Crippen LogP contribution in [0.3, 0.4) is 0 Å². The monoisotopic (exact) mass is 526 g/mol. The van der Waals surface area contributed by atoms with Crippen LogP contribution in [-0.4, -0.2) is 69.6 Å². The summed E-state index contributed by atoms with van der Waals surface area (Å²) in [6, 6.07) is -2.31. The Morgan fingerprint density at radius 3 is 1.03 bits per heavy atom. The van der Waals surface area contributed by atoms with Gasteiger partial charge < -0.3 is 10.2 Å². The molecule has 1 aliphatic carbocycles. The Morgan fingerprint density at radius 1 is 0.588 bits per heavy atom. The van der Waals surface area contributed by atoms with Crippen LogP contribution in [0.15, 0.2) is 9.98 Å². The van der Waals surface area contributed by atoms with Gasteiger partial charge in [0.15, 0.2) is 0 Å². The smallest absolute Gasteiger partial charge is 0.373 e. The summed E-state index contributed by atoms with van der Waals surface area (Å²) in [5.74, 6) is 0. The lowest BCUT2D eigenvalue weighted by molar-refractivity contribution is -0.365. The molecule has 4 nitrogen and oxygen atoms in total. The van der Waals surface area contributed by atoms with Gasteiger partial charge in [-0.25, -0.2) is 0 Å². The molecule has 2 unspecified atom stereocenters. The third-order valence-electron chi connectivity index (χ3n) is 5.37. The lowest BCUT2D eigenvalue weighted by Crippen LogP contribution is -2.58. The summed E-state index contributed by atoms with van der Waals surface area (Å²) in [5, 5.41) is 18.6. The van der Waals surface area contributed by atoms with Crippen molar-refractivity contribution in [3.63, 3.8) is 0 Å². The minimum Gasteiger partial charge on any atom is -0.373 e. The largest absolute Gasteiger partial charge is 0.426 e. The maximum absolute atomic E-state index is 12.9. The molecule has 0 aromatic heterocycles. The van der Waals surface area contributed by atoms with E-state index in [1.165, 1.54) is 0 Å². The first-order valence-electron chi connectivity index (χ1n) is 9.74. The number of halogens is 12.